The van der Waals surface area contributed by atoms with Gasteiger partial charge in [-0.2, -0.15) is 0 Å². The minimum absolute atomic E-state index is 0.00588. The number of para-hydroxylation sites is 1. The molecule has 6 nitrogen and oxygen atoms in total. The summed E-state index contributed by atoms with van der Waals surface area (Å²) in [7, 11) is 3.15. The Balaban J connectivity index is 2.38. The topological polar surface area (TPSA) is 72.7 Å². The minimum Gasteiger partial charge on any atom is -0.496 e. The number of nitrogens with zero attached hydrogens (tertiary/aromatic N) is 2. The number of hydrogen-bond acceptors (Lipinski definition) is 4. The number of carbonyl (C=O) groups is 1. The zero-order valence-electron chi connectivity index (χ0n) is 13.5. The number of carbonyl (C=O) groups excluding carboxylic acids is 1. The van der Waals surface area contributed by atoms with Crippen molar-refractivity contribution in [3.05, 3.63) is 68.7 Å². The highest BCUT2D eigenvalue weighted by molar-refractivity contribution is 6.31. The molecule has 0 unspecified atom stereocenters. The van der Waals surface area contributed by atoms with Crippen molar-refractivity contribution in [2.24, 2.45) is 0 Å². The first-order chi connectivity index (χ1) is 11.4. The van der Waals surface area contributed by atoms with Crippen molar-refractivity contribution in [3.63, 3.8) is 0 Å². The zero-order valence-corrected chi connectivity index (χ0v) is 14.3. The lowest BCUT2D eigenvalue weighted by Crippen LogP contribution is -2.30. The van der Waals surface area contributed by atoms with Gasteiger partial charge in [0.25, 0.3) is 11.6 Å². The summed E-state index contributed by atoms with van der Waals surface area (Å²) in [5.74, 6) is 0.187. The fraction of sp³-hybridized carbons (Fsp3) is 0.235. The van der Waals surface area contributed by atoms with Crippen LogP contribution in [0.2, 0.25) is 5.02 Å². The molecule has 0 N–H and O–H groups in total. The molecule has 0 aliphatic rings. The van der Waals surface area contributed by atoms with Crippen LogP contribution in [0.15, 0.2) is 42.5 Å². The Labute approximate surface area is 144 Å². The van der Waals surface area contributed by atoms with Crippen LogP contribution >= 0.6 is 11.6 Å². The first-order valence-electron chi connectivity index (χ1n) is 7.20. The summed E-state index contributed by atoms with van der Waals surface area (Å²) in [6.07, 6.45) is 0. The molecule has 1 atom stereocenters. The number of methoxy groups -OCH3 is 1. The predicted octanol–water partition coefficient (Wildman–Crippen LogP) is 4.09. The summed E-state index contributed by atoms with van der Waals surface area (Å²) < 4.78 is 5.32. The largest absolute Gasteiger partial charge is 0.496 e. The van der Waals surface area contributed by atoms with Crippen LogP contribution in [-0.2, 0) is 0 Å². The van der Waals surface area contributed by atoms with Crippen molar-refractivity contribution in [3.8, 4) is 5.75 Å². The average molecular weight is 349 g/mol. The molecular formula is C17H17ClN2O4. The molecule has 0 saturated carbocycles. The summed E-state index contributed by atoms with van der Waals surface area (Å²) >= 11 is 5.80. The number of amides is 1. The van der Waals surface area contributed by atoms with Crippen LogP contribution < -0.4 is 4.74 Å². The van der Waals surface area contributed by atoms with Gasteiger partial charge in [0.1, 0.15) is 11.3 Å². The van der Waals surface area contributed by atoms with Gasteiger partial charge in [-0.1, -0.05) is 29.8 Å². The molecule has 24 heavy (non-hydrogen) atoms. The molecule has 0 spiro atoms. The SMILES string of the molecule is COc1ccccc1[C@H](C)N(C)C(=O)c1ccc(Cl)cc1[N+](=O)[O-]. The van der Waals surface area contributed by atoms with Gasteiger partial charge in [0.15, 0.2) is 0 Å². The Hall–Kier alpha value is -2.60. The van der Waals surface area contributed by atoms with Gasteiger partial charge in [-0.3, -0.25) is 14.9 Å². The van der Waals surface area contributed by atoms with Gasteiger partial charge in [-0.15, -0.1) is 0 Å². The van der Waals surface area contributed by atoms with Crippen LogP contribution in [-0.4, -0.2) is 29.9 Å². The molecule has 0 heterocycles. The number of hydrogen-bond donors (Lipinski definition) is 0. The molecule has 0 saturated heterocycles. The lowest BCUT2D eigenvalue weighted by Gasteiger charge is -2.26. The Kier molecular flexibility index (Phi) is 5.41. The molecule has 7 heteroatoms. The number of halogens is 1. The Morgan fingerprint density at radius 2 is 1.96 bits per heavy atom. The Morgan fingerprint density at radius 1 is 1.29 bits per heavy atom. The first-order valence-corrected chi connectivity index (χ1v) is 7.58. The lowest BCUT2D eigenvalue weighted by atomic mass is 10.0. The highest BCUT2D eigenvalue weighted by atomic mass is 35.5. The van der Waals surface area contributed by atoms with Crippen molar-refractivity contribution < 1.29 is 14.5 Å². The van der Waals surface area contributed by atoms with Gasteiger partial charge in [0, 0.05) is 23.7 Å². The third-order valence-corrected chi connectivity index (χ3v) is 4.11. The van der Waals surface area contributed by atoms with E-state index in [1.165, 1.54) is 23.1 Å². The second-order valence-corrected chi connectivity index (χ2v) is 5.69. The maximum absolute atomic E-state index is 12.7. The van der Waals surface area contributed by atoms with E-state index in [-0.39, 0.29) is 22.3 Å². The molecule has 2 aromatic rings. The number of benzene rings is 2. The fourth-order valence-corrected chi connectivity index (χ4v) is 2.59. The molecule has 0 bridgehead atoms. The van der Waals surface area contributed by atoms with Crippen molar-refractivity contribution in [1.29, 1.82) is 0 Å². The second-order valence-electron chi connectivity index (χ2n) is 5.25. The van der Waals surface area contributed by atoms with Crippen LogP contribution in [0, 0.1) is 10.1 Å². The minimum atomic E-state index is -0.610. The van der Waals surface area contributed by atoms with Gasteiger partial charge in [-0.05, 0) is 25.1 Å². The molecule has 2 rings (SSSR count). The van der Waals surface area contributed by atoms with E-state index in [4.69, 9.17) is 16.3 Å². The summed E-state index contributed by atoms with van der Waals surface area (Å²) in [4.78, 5) is 24.8. The smallest absolute Gasteiger partial charge is 0.283 e. The first kappa shape index (κ1) is 17.7. The van der Waals surface area contributed by atoms with Gasteiger partial charge >= 0.3 is 0 Å². The van der Waals surface area contributed by atoms with Crippen LogP contribution in [0.3, 0.4) is 0 Å². The average Bonchev–Trinajstić information content (AvgIpc) is 2.59. The highest BCUT2D eigenvalue weighted by Gasteiger charge is 2.27. The van der Waals surface area contributed by atoms with E-state index in [9.17, 15) is 14.9 Å². The van der Waals surface area contributed by atoms with E-state index in [1.807, 2.05) is 25.1 Å². The summed E-state index contributed by atoms with van der Waals surface area (Å²) in [5.41, 5.74) is 0.493. The molecule has 0 fully saturated rings. The molecule has 2 aromatic carbocycles. The van der Waals surface area contributed by atoms with Crippen molar-refractivity contribution >= 4 is 23.2 Å². The number of ether oxygens (including phenoxy) is 1. The number of nitro groups is 1. The quantitative estimate of drug-likeness (QED) is 0.602. The summed E-state index contributed by atoms with van der Waals surface area (Å²) in [6, 6.07) is 11.0. The standard InChI is InChI=1S/C17H17ClN2O4/c1-11(13-6-4-5-7-16(13)24-3)19(2)17(21)14-9-8-12(18)10-15(14)20(22)23/h4-11H,1-3H3/t11-/m0/s1. The monoisotopic (exact) mass is 348 g/mol. The molecule has 126 valence electrons. The Morgan fingerprint density at radius 3 is 2.58 bits per heavy atom. The Bertz CT molecular complexity index is 779. The van der Waals surface area contributed by atoms with Crippen LogP contribution in [0.1, 0.15) is 28.9 Å². The lowest BCUT2D eigenvalue weighted by molar-refractivity contribution is -0.385. The third kappa shape index (κ3) is 3.49. The van der Waals surface area contributed by atoms with Crippen LogP contribution in [0.5, 0.6) is 5.75 Å². The van der Waals surface area contributed by atoms with Gasteiger partial charge in [-0.25, -0.2) is 0 Å². The fourth-order valence-electron chi connectivity index (χ4n) is 2.42. The predicted molar refractivity (Wildman–Crippen MR) is 91.6 cm³/mol. The van der Waals surface area contributed by atoms with E-state index in [2.05, 4.69) is 0 Å². The van der Waals surface area contributed by atoms with E-state index >= 15 is 0 Å². The molecule has 1 amide bonds. The zero-order chi connectivity index (χ0) is 17.9. The normalized spacial score (nSPS) is 11.7. The van der Waals surface area contributed by atoms with Crippen LogP contribution in [0.25, 0.3) is 0 Å². The van der Waals surface area contributed by atoms with Crippen molar-refractivity contribution in [1.82, 2.24) is 4.90 Å². The molecule has 0 aliphatic carbocycles. The van der Waals surface area contributed by atoms with Crippen LogP contribution in [0.4, 0.5) is 5.69 Å². The molecule has 0 aromatic heterocycles. The second kappa shape index (κ2) is 7.31. The summed E-state index contributed by atoms with van der Waals surface area (Å²) in [6.45, 7) is 1.83. The highest BCUT2D eigenvalue weighted by Crippen LogP contribution is 2.31. The van der Waals surface area contributed by atoms with E-state index < -0.39 is 10.8 Å². The van der Waals surface area contributed by atoms with Gasteiger partial charge < -0.3 is 9.64 Å². The van der Waals surface area contributed by atoms with Gasteiger partial charge in [0.05, 0.1) is 18.1 Å². The molecular weight excluding hydrogens is 332 g/mol. The van der Waals surface area contributed by atoms with Gasteiger partial charge in [0.2, 0.25) is 0 Å². The summed E-state index contributed by atoms with van der Waals surface area (Å²) in [5, 5.41) is 11.4. The van der Waals surface area contributed by atoms with E-state index in [0.29, 0.717) is 5.75 Å². The maximum atomic E-state index is 12.7. The molecule has 0 radical (unpaired) electrons. The molecule has 0 aliphatic heterocycles. The van der Waals surface area contributed by atoms with Crippen molar-refractivity contribution in [2.45, 2.75) is 13.0 Å². The number of nitro benzene ring substituents is 1. The third-order valence-electron chi connectivity index (χ3n) is 3.88. The van der Waals surface area contributed by atoms with Crippen molar-refractivity contribution in [2.75, 3.05) is 14.2 Å². The van der Waals surface area contributed by atoms with E-state index in [1.54, 1.807) is 20.2 Å². The maximum Gasteiger partial charge on any atom is 0.283 e. The van der Waals surface area contributed by atoms with E-state index in [0.717, 1.165) is 5.56 Å². The number of rotatable bonds is 5.